The van der Waals surface area contributed by atoms with Crippen molar-refractivity contribution >= 4 is 28.9 Å². The zero-order valence-electron chi connectivity index (χ0n) is 14.1. The minimum absolute atomic E-state index is 0.0650. The van der Waals surface area contributed by atoms with Crippen molar-refractivity contribution in [3.05, 3.63) is 0 Å². The highest BCUT2D eigenvalue weighted by Gasteiger charge is 2.36. The lowest BCUT2D eigenvalue weighted by Gasteiger charge is -2.40. The van der Waals surface area contributed by atoms with E-state index in [1.54, 1.807) is 0 Å². The van der Waals surface area contributed by atoms with Crippen LogP contribution in [0.2, 0.25) is 0 Å². The molecular weight excluding hydrogens is 383 g/mol. The first-order chi connectivity index (χ1) is 9.59. The predicted octanol–water partition coefficient (Wildman–Crippen LogP) is 2.48. The third-order valence-corrected chi connectivity index (χ3v) is 5.03. The lowest BCUT2D eigenvalue weighted by molar-refractivity contribution is -0.160. The number of halogens is 1. The van der Waals surface area contributed by atoms with Crippen LogP contribution in [-0.2, 0) is 12.6 Å². The molecule has 1 rings (SSSR count). The predicted molar refractivity (Wildman–Crippen MR) is 92.5 cm³/mol. The Bertz CT molecular complexity index is 351. The molecule has 0 atom stereocenters. The van der Waals surface area contributed by atoms with E-state index in [-0.39, 0.29) is 5.91 Å². The summed E-state index contributed by atoms with van der Waals surface area (Å²) in [4.78, 5) is 16.9. The van der Waals surface area contributed by atoms with Crippen LogP contribution in [-0.4, -0.2) is 65.7 Å². The van der Waals surface area contributed by atoms with Crippen LogP contribution in [0.3, 0.4) is 0 Å². The summed E-state index contributed by atoms with van der Waals surface area (Å²) < 4.78 is 11.2. The highest BCUT2D eigenvalue weighted by Crippen LogP contribution is 2.21. The minimum Gasteiger partial charge on any atom is -0.363 e. The molecule has 124 valence electrons. The first kappa shape index (κ1) is 19.1. The number of ether oxygens (including phenoxy) is 1. The Hall–Kier alpha value is 0.0800. The molecule has 0 N–H and O–H groups in total. The average molecular weight is 412 g/mol. The molecule has 1 heterocycles. The van der Waals surface area contributed by atoms with Gasteiger partial charge in [-0.1, -0.05) is 0 Å². The van der Waals surface area contributed by atoms with Crippen molar-refractivity contribution in [3.63, 3.8) is 0 Å². The van der Waals surface area contributed by atoms with E-state index in [0.29, 0.717) is 12.6 Å². The second-order valence-corrected chi connectivity index (χ2v) is 7.50. The molecule has 1 aliphatic rings. The monoisotopic (exact) mass is 412 g/mol. The summed E-state index contributed by atoms with van der Waals surface area (Å²) in [5.74, 6) is 0.0650. The van der Waals surface area contributed by atoms with Crippen molar-refractivity contribution < 1.29 is 12.6 Å². The van der Waals surface area contributed by atoms with E-state index < -0.39 is 11.2 Å². The SMILES string of the molecule is CC(C)N1CCN(C(=O)C(C)(C)OCC(C)(C)OI)CC1. The third kappa shape index (κ3) is 5.65. The topological polar surface area (TPSA) is 42.0 Å². The first-order valence-electron chi connectivity index (χ1n) is 7.56. The van der Waals surface area contributed by atoms with E-state index >= 15 is 0 Å². The van der Waals surface area contributed by atoms with Crippen molar-refractivity contribution in [2.45, 2.75) is 58.8 Å². The molecule has 1 fully saturated rings. The van der Waals surface area contributed by atoms with Gasteiger partial charge in [0, 0.05) is 32.2 Å². The van der Waals surface area contributed by atoms with Crippen LogP contribution in [0.4, 0.5) is 0 Å². The van der Waals surface area contributed by atoms with E-state index in [9.17, 15) is 4.79 Å². The molecule has 1 aliphatic heterocycles. The molecule has 0 aromatic heterocycles. The Morgan fingerprint density at radius 3 is 2.10 bits per heavy atom. The average Bonchev–Trinajstić information content (AvgIpc) is 2.44. The number of piperazine rings is 1. The molecule has 0 aromatic carbocycles. The highest BCUT2D eigenvalue weighted by molar-refractivity contribution is 14.1. The summed E-state index contributed by atoms with van der Waals surface area (Å²) >= 11 is 1.87. The Morgan fingerprint density at radius 2 is 1.67 bits per heavy atom. The van der Waals surface area contributed by atoms with Gasteiger partial charge in [-0.15, -0.1) is 0 Å². The summed E-state index contributed by atoms with van der Waals surface area (Å²) in [6, 6.07) is 0.535. The zero-order chi connectivity index (χ0) is 16.3. The van der Waals surface area contributed by atoms with E-state index in [1.165, 1.54) is 0 Å². The van der Waals surface area contributed by atoms with Gasteiger partial charge in [-0.25, -0.2) is 0 Å². The van der Waals surface area contributed by atoms with Crippen LogP contribution in [0.15, 0.2) is 0 Å². The fourth-order valence-corrected chi connectivity index (χ4v) is 2.39. The van der Waals surface area contributed by atoms with Crippen molar-refractivity contribution in [2.75, 3.05) is 32.8 Å². The minimum atomic E-state index is -0.813. The second kappa shape index (κ2) is 7.57. The molecule has 0 bridgehead atoms. The van der Waals surface area contributed by atoms with Crippen LogP contribution in [0, 0.1) is 0 Å². The van der Waals surface area contributed by atoms with Gasteiger partial charge in [-0.3, -0.25) is 9.69 Å². The summed E-state index contributed by atoms with van der Waals surface area (Å²) in [7, 11) is 0. The van der Waals surface area contributed by atoms with Gasteiger partial charge in [0.15, 0.2) is 0 Å². The molecule has 0 spiro atoms. The maximum atomic E-state index is 12.6. The Labute approximate surface area is 143 Å². The van der Waals surface area contributed by atoms with Crippen LogP contribution in [0.5, 0.6) is 0 Å². The van der Waals surface area contributed by atoms with E-state index in [4.69, 9.17) is 7.80 Å². The van der Waals surface area contributed by atoms with Crippen molar-refractivity contribution in [3.8, 4) is 0 Å². The second-order valence-electron chi connectivity index (χ2n) is 7.06. The van der Waals surface area contributed by atoms with Crippen molar-refractivity contribution in [1.82, 2.24) is 9.80 Å². The number of rotatable bonds is 6. The molecule has 6 heteroatoms. The molecule has 0 unspecified atom stereocenters. The number of hydrogen-bond acceptors (Lipinski definition) is 4. The third-order valence-electron chi connectivity index (χ3n) is 3.84. The number of nitrogens with zero attached hydrogens (tertiary/aromatic N) is 2. The van der Waals surface area contributed by atoms with Gasteiger partial charge in [0.1, 0.15) is 28.6 Å². The summed E-state index contributed by atoms with van der Waals surface area (Å²) in [6.45, 7) is 15.8. The molecule has 21 heavy (non-hydrogen) atoms. The van der Waals surface area contributed by atoms with Gasteiger partial charge < -0.3 is 12.7 Å². The van der Waals surface area contributed by atoms with Gasteiger partial charge in [0.05, 0.1) is 12.2 Å². The molecular formula is C15H29IN2O3. The van der Waals surface area contributed by atoms with Crippen LogP contribution >= 0.6 is 23.0 Å². The number of carbonyl (C=O) groups is 1. The van der Waals surface area contributed by atoms with E-state index in [0.717, 1.165) is 26.2 Å². The van der Waals surface area contributed by atoms with Gasteiger partial charge >= 0.3 is 0 Å². The normalized spacial score (nSPS) is 18.4. The van der Waals surface area contributed by atoms with Gasteiger partial charge in [-0.05, 0) is 41.5 Å². The molecule has 1 saturated heterocycles. The largest absolute Gasteiger partial charge is 0.363 e. The molecule has 0 radical (unpaired) electrons. The first-order valence-corrected chi connectivity index (χ1v) is 8.44. The lowest BCUT2D eigenvalue weighted by Crippen LogP contribution is -2.56. The van der Waals surface area contributed by atoms with Crippen molar-refractivity contribution in [1.29, 1.82) is 0 Å². The number of hydrogen-bond donors (Lipinski definition) is 0. The fraction of sp³-hybridized carbons (Fsp3) is 0.933. The number of amides is 1. The summed E-state index contributed by atoms with van der Waals surface area (Å²) in [5, 5.41) is 0. The van der Waals surface area contributed by atoms with Gasteiger partial charge in [0.25, 0.3) is 5.91 Å². The van der Waals surface area contributed by atoms with Crippen LogP contribution in [0.25, 0.3) is 0 Å². The fourth-order valence-electron chi connectivity index (χ4n) is 2.26. The maximum Gasteiger partial charge on any atom is 0.254 e. The Morgan fingerprint density at radius 1 is 1.14 bits per heavy atom. The Kier molecular flexibility index (Phi) is 6.89. The summed E-state index contributed by atoms with van der Waals surface area (Å²) in [5.41, 5.74) is -1.21. The maximum absolute atomic E-state index is 12.6. The van der Waals surface area contributed by atoms with Crippen molar-refractivity contribution in [2.24, 2.45) is 0 Å². The van der Waals surface area contributed by atoms with Crippen LogP contribution < -0.4 is 0 Å². The molecule has 0 aliphatic carbocycles. The Balaban J connectivity index is 2.54. The molecule has 0 aromatic rings. The van der Waals surface area contributed by atoms with E-state index in [2.05, 4.69) is 18.7 Å². The summed E-state index contributed by atoms with van der Waals surface area (Å²) in [6.07, 6.45) is 0. The van der Waals surface area contributed by atoms with E-state index in [1.807, 2.05) is 55.6 Å². The molecule has 0 saturated carbocycles. The smallest absolute Gasteiger partial charge is 0.254 e. The molecule has 1 amide bonds. The van der Waals surface area contributed by atoms with Crippen LogP contribution in [0.1, 0.15) is 41.5 Å². The quantitative estimate of drug-likeness (QED) is 0.629. The highest BCUT2D eigenvalue weighted by atomic mass is 127. The molecule has 5 nitrogen and oxygen atoms in total. The standard InChI is InChI=1S/C15H29IN2O3/c1-12(2)17-7-9-18(10-8-17)13(19)15(5,6)20-11-14(3,4)21-16/h12H,7-11H2,1-6H3. The van der Waals surface area contributed by atoms with Gasteiger partial charge in [-0.2, -0.15) is 0 Å². The number of carbonyl (C=O) groups excluding carboxylic acids is 1. The zero-order valence-corrected chi connectivity index (χ0v) is 16.3. The van der Waals surface area contributed by atoms with Gasteiger partial charge in [0.2, 0.25) is 0 Å². The lowest BCUT2D eigenvalue weighted by atomic mass is 10.1.